The third-order valence-electron chi connectivity index (χ3n) is 5.08. The summed E-state index contributed by atoms with van der Waals surface area (Å²) >= 11 is 0. The predicted molar refractivity (Wildman–Crippen MR) is 109 cm³/mol. The lowest BCUT2D eigenvalue weighted by Gasteiger charge is -2.37. The number of aromatic nitrogens is 2. The average molecular weight is 384 g/mol. The molecule has 1 atom stereocenters. The van der Waals surface area contributed by atoms with E-state index in [4.69, 9.17) is 4.42 Å². The summed E-state index contributed by atoms with van der Waals surface area (Å²) in [7, 11) is 0. The quantitative estimate of drug-likeness (QED) is 0.557. The van der Waals surface area contributed by atoms with Gasteiger partial charge in [0.15, 0.2) is 0 Å². The smallest absolute Gasteiger partial charge is 0.258 e. The van der Waals surface area contributed by atoms with Crippen molar-refractivity contribution >= 4 is 11.6 Å². The zero-order valence-corrected chi connectivity index (χ0v) is 15.7. The second kappa shape index (κ2) is 7.31. The van der Waals surface area contributed by atoms with Crippen LogP contribution in [0.25, 0.3) is 0 Å². The lowest BCUT2D eigenvalue weighted by Crippen LogP contribution is -2.42. The van der Waals surface area contributed by atoms with Gasteiger partial charge in [-0.1, -0.05) is 42.5 Å². The fraction of sp³-hybridized carbons (Fsp3) is 0.130. The molecule has 0 fully saturated rings. The van der Waals surface area contributed by atoms with Crippen LogP contribution < -0.4 is 5.32 Å². The molecular formula is C23H20N4O2. The Morgan fingerprint density at radius 2 is 1.79 bits per heavy atom. The van der Waals surface area contributed by atoms with Crippen LogP contribution in [0.4, 0.5) is 5.69 Å². The number of benzene rings is 2. The monoisotopic (exact) mass is 384 g/mol. The van der Waals surface area contributed by atoms with Gasteiger partial charge in [0.05, 0.1) is 31.1 Å². The van der Waals surface area contributed by atoms with Gasteiger partial charge in [-0.2, -0.15) is 5.10 Å². The van der Waals surface area contributed by atoms with E-state index in [0.29, 0.717) is 18.7 Å². The number of hydrogen-bond acceptors (Lipinski definition) is 4. The minimum Gasteiger partial charge on any atom is -0.467 e. The van der Waals surface area contributed by atoms with Gasteiger partial charge in [-0.05, 0) is 29.8 Å². The van der Waals surface area contributed by atoms with Crippen LogP contribution in [-0.2, 0) is 13.1 Å². The summed E-state index contributed by atoms with van der Waals surface area (Å²) in [5.74, 6) is 0.706. The average Bonchev–Trinajstić information content (AvgIpc) is 3.43. The van der Waals surface area contributed by atoms with E-state index in [1.165, 1.54) is 5.56 Å². The van der Waals surface area contributed by atoms with Crippen molar-refractivity contribution in [2.24, 2.45) is 0 Å². The number of fused-ring (bicyclic) bond motifs is 1. The van der Waals surface area contributed by atoms with Gasteiger partial charge in [0.1, 0.15) is 11.9 Å². The molecule has 0 spiro atoms. The molecule has 1 aliphatic rings. The van der Waals surface area contributed by atoms with Crippen LogP contribution in [0.2, 0.25) is 0 Å². The Balaban J connectivity index is 1.47. The molecule has 0 saturated heterocycles. The SMILES string of the molecule is O=C1c2ccccc2NC(c2cnn(Cc3ccccc3)c2)N1Cc1ccco1. The van der Waals surface area contributed by atoms with Crippen LogP contribution >= 0.6 is 0 Å². The first-order valence-electron chi connectivity index (χ1n) is 9.53. The molecule has 1 N–H and O–H groups in total. The lowest BCUT2D eigenvalue weighted by atomic mass is 10.1. The summed E-state index contributed by atoms with van der Waals surface area (Å²) in [6.07, 6.45) is 5.10. The maximum absolute atomic E-state index is 13.2. The second-order valence-corrected chi connectivity index (χ2v) is 7.06. The van der Waals surface area contributed by atoms with Gasteiger partial charge in [0.25, 0.3) is 5.91 Å². The maximum atomic E-state index is 13.2. The van der Waals surface area contributed by atoms with Crippen molar-refractivity contribution in [2.75, 3.05) is 5.32 Å². The summed E-state index contributed by atoms with van der Waals surface area (Å²) in [6, 6.07) is 21.5. The molecule has 6 nitrogen and oxygen atoms in total. The highest BCUT2D eigenvalue weighted by Gasteiger charge is 2.34. The van der Waals surface area contributed by atoms with Crippen LogP contribution in [0.1, 0.15) is 33.4 Å². The van der Waals surface area contributed by atoms with Crippen molar-refractivity contribution in [1.29, 1.82) is 0 Å². The van der Waals surface area contributed by atoms with Gasteiger partial charge in [-0.25, -0.2) is 0 Å². The molecule has 3 heterocycles. The largest absolute Gasteiger partial charge is 0.467 e. The second-order valence-electron chi connectivity index (χ2n) is 7.06. The zero-order chi connectivity index (χ0) is 19.6. The number of carbonyl (C=O) groups excluding carboxylic acids is 1. The number of amides is 1. The van der Waals surface area contributed by atoms with Gasteiger partial charge in [-0.15, -0.1) is 0 Å². The first-order valence-corrected chi connectivity index (χ1v) is 9.53. The standard InChI is InChI=1S/C23H20N4O2/c28-23-20-10-4-5-11-21(20)25-22(27(23)16-19-9-6-12-29-19)18-13-24-26(15-18)14-17-7-2-1-3-8-17/h1-13,15,22,25H,14,16H2. The van der Waals surface area contributed by atoms with Crippen molar-refractivity contribution in [3.8, 4) is 0 Å². The summed E-state index contributed by atoms with van der Waals surface area (Å²) in [5, 5.41) is 8.01. The molecule has 1 unspecified atom stereocenters. The Morgan fingerprint density at radius 1 is 0.966 bits per heavy atom. The molecule has 5 rings (SSSR count). The van der Waals surface area contributed by atoms with Gasteiger partial charge in [0, 0.05) is 17.4 Å². The number of anilines is 1. The lowest BCUT2D eigenvalue weighted by molar-refractivity contribution is 0.0651. The van der Waals surface area contributed by atoms with Gasteiger partial charge >= 0.3 is 0 Å². The summed E-state index contributed by atoms with van der Waals surface area (Å²) in [6.45, 7) is 1.05. The third kappa shape index (κ3) is 3.40. The molecule has 0 radical (unpaired) electrons. The molecule has 6 heteroatoms. The molecule has 1 aliphatic heterocycles. The first kappa shape index (κ1) is 17.3. The highest BCUT2D eigenvalue weighted by Crippen LogP contribution is 2.34. The number of hydrogen-bond donors (Lipinski definition) is 1. The Bertz CT molecular complexity index is 1120. The van der Waals surface area contributed by atoms with Crippen LogP contribution in [0.3, 0.4) is 0 Å². The van der Waals surface area contributed by atoms with E-state index in [1.807, 2.05) is 71.7 Å². The van der Waals surface area contributed by atoms with E-state index in [-0.39, 0.29) is 12.1 Å². The Kier molecular flexibility index (Phi) is 4.37. The van der Waals surface area contributed by atoms with E-state index < -0.39 is 0 Å². The molecular weight excluding hydrogens is 364 g/mol. The van der Waals surface area contributed by atoms with Crippen LogP contribution in [0.15, 0.2) is 89.8 Å². The Hall–Kier alpha value is -3.80. The van der Waals surface area contributed by atoms with Crippen molar-refractivity contribution in [1.82, 2.24) is 14.7 Å². The fourth-order valence-electron chi connectivity index (χ4n) is 3.67. The van der Waals surface area contributed by atoms with E-state index in [9.17, 15) is 4.79 Å². The fourth-order valence-corrected chi connectivity index (χ4v) is 3.67. The van der Waals surface area contributed by atoms with Crippen LogP contribution in [0, 0.1) is 0 Å². The van der Waals surface area contributed by atoms with E-state index in [0.717, 1.165) is 17.0 Å². The number of nitrogens with one attached hydrogen (secondary N) is 1. The van der Waals surface area contributed by atoms with E-state index in [2.05, 4.69) is 22.5 Å². The van der Waals surface area contributed by atoms with Crippen LogP contribution in [-0.4, -0.2) is 20.6 Å². The molecule has 0 aliphatic carbocycles. The molecule has 1 amide bonds. The van der Waals surface area contributed by atoms with E-state index >= 15 is 0 Å². The number of rotatable bonds is 5. The highest BCUT2D eigenvalue weighted by atomic mass is 16.3. The molecule has 144 valence electrons. The van der Waals surface area contributed by atoms with Crippen LogP contribution in [0.5, 0.6) is 0 Å². The number of para-hydroxylation sites is 1. The number of nitrogens with zero attached hydrogens (tertiary/aromatic N) is 3. The summed E-state index contributed by atoms with van der Waals surface area (Å²) in [4.78, 5) is 15.0. The summed E-state index contributed by atoms with van der Waals surface area (Å²) < 4.78 is 7.39. The first-order chi connectivity index (χ1) is 14.3. The molecule has 0 bridgehead atoms. The number of carbonyl (C=O) groups is 1. The van der Waals surface area contributed by atoms with E-state index in [1.54, 1.807) is 11.2 Å². The van der Waals surface area contributed by atoms with Crippen molar-refractivity contribution < 1.29 is 9.21 Å². The Morgan fingerprint density at radius 3 is 2.62 bits per heavy atom. The molecule has 2 aromatic heterocycles. The third-order valence-corrected chi connectivity index (χ3v) is 5.08. The van der Waals surface area contributed by atoms with Crippen molar-refractivity contribution in [3.63, 3.8) is 0 Å². The normalized spacial score (nSPS) is 15.8. The molecule has 0 saturated carbocycles. The molecule has 2 aromatic carbocycles. The number of furan rings is 1. The highest BCUT2D eigenvalue weighted by molar-refractivity contribution is 6.01. The maximum Gasteiger partial charge on any atom is 0.258 e. The zero-order valence-electron chi connectivity index (χ0n) is 15.7. The Labute approximate surface area is 168 Å². The topological polar surface area (TPSA) is 63.3 Å². The predicted octanol–water partition coefficient (Wildman–Crippen LogP) is 4.29. The minimum atomic E-state index is -0.327. The van der Waals surface area contributed by atoms with Crippen molar-refractivity contribution in [2.45, 2.75) is 19.3 Å². The minimum absolute atomic E-state index is 0.0310. The summed E-state index contributed by atoms with van der Waals surface area (Å²) in [5.41, 5.74) is 3.59. The van der Waals surface area contributed by atoms with Gasteiger partial charge < -0.3 is 14.6 Å². The van der Waals surface area contributed by atoms with Gasteiger partial charge in [-0.3, -0.25) is 9.48 Å². The van der Waals surface area contributed by atoms with Gasteiger partial charge in [0.2, 0.25) is 0 Å². The molecule has 4 aromatic rings. The van der Waals surface area contributed by atoms with Crippen molar-refractivity contribution in [3.05, 3.63) is 108 Å². The molecule has 29 heavy (non-hydrogen) atoms.